The number of benzene rings is 1. The Labute approximate surface area is 173 Å². The molecule has 0 aliphatic rings. The summed E-state index contributed by atoms with van der Waals surface area (Å²) in [6.07, 6.45) is 2.80. The number of rotatable bonds is 8. The van der Waals surface area contributed by atoms with Gasteiger partial charge in [0.05, 0.1) is 22.2 Å². The lowest BCUT2D eigenvalue weighted by Gasteiger charge is -2.17. The number of carbonyl (C=O) groups is 1. The lowest BCUT2D eigenvalue weighted by atomic mass is 10.0. The largest absolute Gasteiger partial charge is 0.367 e. The third-order valence-corrected chi connectivity index (χ3v) is 6.03. The van der Waals surface area contributed by atoms with E-state index in [2.05, 4.69) is 25.0 Å². The maximum Gasteiger partial charge on any atom is 0.301 e. The molecular formula is C19H23FN6O3S. The Morgan fingerprint density at radius 3 is 2.67 bits per heavy atom. The fraction of sp³-hybridized carbons (Fsp3) is 0.316. The molecule has 0 atom stereocenters. The van der Waals surface area contributed by atoms with Crippen molar-refractivity contribution in [3.63, 3.8) is 0 Å². The number of aromatic amines is 1. The first-order valence-electron chi connectivity index (χ1n) is 9.31. The minimum absolute atomic E-state index is 0.0472. The van der Waals surface area contributed by atoms with Crippen LogP contribution in [-0.2, 0) is 10.2 Å². The van der Waals surface area contributed by atoms with E-state index in [1.807, 2.05) is 13.8 Å². The van der Waals surface area contributed by atoms with Crippen molar-refractivity contribution in [3.05, 3.63) is 47.7 Å². The van der Waals surface area contributed by atoms with Gasteiger partial charge in [0.2, 0.25) is 0 Å². The van der Waals surface area contributed by atoms with E-state index in [-0.39, 0.29) is 29.4 Å². The molecule has 0 bridgehead atoms. The number of fused-ring (bicyclic) bond motifs is 1. The van der Waals surface area contributed by atoms with Crippen molar-refractivity contribution in [3.8, 4) is 0 Å². The maximum atomic E-state index is 15.1. The predicted molar refractivity (Wildman–Crippen MR) is 113 cm³/mol. The van der Waals surface area contributed by atoms with Crippen LogP contribution < -0.4 is 10.0 Å². The van der Waals surface area contributed by atoms with E-state index in [1.54, 1.807) is 6.92 Å². The number of ketones is 1. The molecule has 0 unspecified atom stereocenters. The van der Waals surface area contributed by atoms with Crippen molar-refractivity contribution in [1.29, 1.82) is 0 Å². The molecule has 0 aliphatic heterocycles. The average Bonchev–Trinajstić information content (AvgIpc) is 3.13. The van der Waals surface area contributed by atoms with Gasteiger partial charge in [0, 0.05) is 25.8 Å². The number of halogens is 1. The SMILES string of the molecule is CCN(C)S(=O)(=O)Nc1cccc(C(=O)c2c[nH]c3ncnc(NC(C)C)c23)c1F. The molecule has 0 aliphatic carbocycles. The Bertz CT molecular complexity index is 1190. The zero-order valence-corrected chi connectivity index (χ0v) is 17.8. The molecule has 11 heteroatoms. The van der Waals surface area contributed by atoms with Crippen molar-refractivity contribution in [2.24, 2.45) is 0 Å². The van der Waals surface area contributed by atoms with Gasteiger partial charge in [0.1, 0.15) is 17.8 Å². The van der Waals surface area contributed by atoms with Crippen molar-refractivity contribution in [1.82, 2.24) is 19.3 Å². The smallest absolute Gasteiger partial charge is 0.301 e. The number of hydrogen-bond donors (Lipinski definition) is 3. The van der Waals surface area contributed by atoms with Crippen LogP contribution in [-0.4, -0.2) is 53.1 Å². The predicted octanol–water partition coefficient (Wildman–Crippen LogP) is 2.76. The van der Waals surface area contributed by atoms with Crippen LogP contribution >= 0.6 is 0 Å². The molecule has 0 saturated heterocycles. The van der Waals surface area contributed by atoms with Gasteiger partial charge in [-0.25, -0.2) is 14.4 Å². The highest BCUT2D eigenvalue weighted by atomic mass is 32.2. The van der Waals surface area contributed by atoms with Crippen molar-refractivity contribution < 1.29 is 17.6 Å². The number of hydrogen-bond acceptors (Lipinski definition) is 6. The summed E-state index contributed by atoms with van der Waals surface area (Å²) < 4.78 is 42.8. The molecule has 0 spiro atoms. The number of nitrogens with zero attached hydrogens (tertiary/aromatic N) is 3. The summed E-state index contributed by atoms with van der Waals surface area (Å²) in [6.45, 7) is 5.70. The molecule has 160 valence electrons. The fourth-order valence-electron chi connectivity index (χ4n) is 2.84. The fourth-order valence-corrected chi connectivity index (χ4v) is 3.77. The Hall–Kier alpha value is -3.05. The minimum Gasteiger partial charge on any atom is -0.367 e. The third kappa shape index (κ3) is 4.12. The number of carbonyl (C=O) groups excluding carboxylic acids is 1. The van der Waals surface area contributed by atoms with E-state index in [9.17, 15) is 13.2 Å². The second-order valence-corrected chi connectivity index (χ2v) is 8.74. The first-order chi connectivity index (χ1) is 14.2. The summed E-state index contributed by atoms with van der Waals surface area (Å²) in [5.41, 5.74) is 0.0315. The van der Waals surface area contributed by atoms with Crippen molar-refractivity contribution in [2.45, 2.75) is 26.8 Å². The molecule has 3 aromatic rings. The van der Waals surface area contributed by atoms with Crippen LogP contribution in [0.5, 0.6) is 0 Å². The number of nitrogens with one attached hydrogen (secondary N) is 3. The Kier molecular flexibility index (Phi) is 6.04. The summed E-state index contributed by atoms with van der Waals surface area (Å²) in [4.78, 5) is 24.4. The monoisotopic (exact) mass is 434 g/mol. The van der Waals surface area contributed by atoms with E-state index in [0.29, 0.717) is 16.9 Å². The topological polar surface area (TPSA) is 120 Å². The van der Waals surface area contributed by atoms with Crippen LogP contribution in [0.25, 0.3) is 11.0 Å². The second kappa shape index (κ2) is 8.36. The van der Waals surface area contributed by atoms with Gasteiger partial charge in [-0.05, 0) is 26.0 Å². The van der Waals surface area contributed by atoms with Gasteiger partial charge in [-0.1, -0.05) is 13.0 Å². The van der Waals surface area contributed by atoms with Crippen molar-refractivity contribution >= 4 is 38.5 Å². The molecule has 0 saturated carbocycles. The summed E-state index contributed by atoms with van der Waals surface area (Å²) in [7, 11) is -2.58. The molecule has 3 rings (SSSR count). The van der Waals surface area contributed by atoms with Gasteiger partial charge in [-0.2, -0.15) is 12.7 Å². The zero-order valence-electron chi connectivity index (χ0n) is 17.0. The Morgan fingerprint density at radius 2 is 2.00 bits per heavy atom. The first-order valence-corrected chi connectivity index (χ1v) is 10.8. The normalized spacial score (nSPS) is 12.0. The maximum absolute atomic E-state index is 15.1. The van der Waals surface area contributed by atoms with E-state index in [0.717, 1.165) is 4.31 Å². The van der Waals surface area contributed by atoms with Crippen molar-refractivity contribution in [2.75, 3.05) is 23.6 Å². The molecule has 2 aromatic heterocycles. The molecule has 3 N–H and O–H groups in total. The molecule has 0 fully saturated rings. The Balaban J connectivity index is 2.05. The highest BCUT2D eigenvalue weighted by Gasteiger charge is 2.24. The molecule has 0 amide bonds. The molecule has 1 aromatic carbocycles. The van der Waals surface area contributed by atoms with Gasteiger partial charge in [0.15, 0.2) is 11.6 Å². The molecule has 2 heterocycles. The van der Waals surface area contributed by atoms with Crippen LogP contribution in [0.3, 0.4) is 0 Å². The Morgan fingerprint density at radius 1 is 1.27 bits per heavy atom. The third-order valence-electron chi connectivity index (χ3n) is 4.48. The van der Waals surface area contributed by atoms with Gasteiger partial charge in [-0.15, -0.1) is 0 Å². The summed E-state index contributed by atoms with van der Waals surface area (Å²) in [5, 5.41) is 3.58. The van der Waals surface area contributed by atoms with E-state index in [1.165, 1.54) is 37.8 Å². The molecule has 9 nitrogen and oxygen atoms in total. The van der Waals surface area contributed by atoms with E-state index in [4.69, 9.17) is 0 Å². The quantitative estimate of drug-likeness (QED) is 0.469. The molecule has 30 heavy (non-hydrogen) atoms. The summed E-state index contributed by atoms with van der Waals surface area (Å²) in [6, 6.07) is 4.03. The van der Waals surface area contributed by atoms with Gasteiger partial charge in [0.25, 0.3) is 0 Å². The zero-order chi connectivity index (χ0) is 22.1. The highest BCUT2D eigenvalue weighted by Crippen LogP contribution is 2.28. The molecule has 0 radical (unpaired) electrons. The second-order valence-electron chi connectivity index (χ2n) is 6.96. The van der Waals surface area contributed by atoms with E-state index < -0.39 is 21.8 Å². The number of anilines is 2. The van der Waals surface area contributed by atoms with Crippen LogP contribution in [0.15, 0.2) is 30.7 Å². The van der Waals surface area contributed by atoms with Gasteiger partial charge >= 0.3 is 10.2 Å². The molecular weight excluding hydrogens is 411 g/mol. The first kappa shape index (κ1) is 21.7. The van der Waals surface area contributed by atoms with Gasteiger partial charge < -0.3 is 10.3 Å². The minimum atomic E-state index is -3.94. The number of H-pyrrole nitrogens is 1. The average molecular weight is 434 g/mol. The van der Waals surface area contributed by atoms with Crippen LogP contribution in [0, 0.1) is 5.82 Å². The number of aromatic nitrogens is 3. The lowest BCUT2D eigenvalue weighted by Crippen LogP contribution is -2.32. The standard InChI is InChI=1S/C19H23FN6O3S/c1-5-26(4)30(28,29)25-14-8-6-7-12(16(14)20)17(27)13-9-21-18-15(13)19(23-10-22-18)24-11(2)3/h6-11,25H,5H2,1-4H3,(H2,21,22,23,24). The van der Waals surface area contributed by atoms with Crippen LogP contribution in [0.1, 0.15) is 36.7 Å². The highest BCUT2D eigenvalue weighted by molar-refractivity contribution is 7.90. The van der Waals surface area contributed by atoms with Gasteiger partial charge in [-0.3, -0.25) is 9.52 Å². The van der Waals surface area contributed by atoms with Crippen LogP contribution in [0.4, 0.5) is 15.9 Å². The summed E-state index contributed by atoms with van der Waals surface area (Å²) >= 11 is 0. The lowest BCUT2D eigenvalue weighted by molar-refractivity contribution is 0.103. The van der Waals surface area contributed by atoms with E-state index >= 15 is 4.39 Å². The summed E-state index contributed by atoms with van der Waals surface area (Å²) in [5.74, 6) is -1.13. The van der Waals surface area contributed by atoms with Crippen LogP contribution in [0.2, 0.25) is 0 Å².